The summed E-state index contributed by atoms with van der Waals surface area (Å²) in [6.45, 7) is 5.88. The first-order valence-corrected chi connectivity index (χ1v) is 9.30. The molecule has 0 radical (unpaired) electrons. The Balaban J connectivity index is 1.60. The summed E-state index contributed by atoms with van der Waals surface area (Å²) in [6.07, 6.45) is 1.89. The van der Waals surface area contributed by atoms with Gasteiger partial charge >= 0.3 is 0 Å². The molecule has 8 heteroatoms. The number of thiophene rings is 1. The van der Waals surface area contributed by atoms with E-state index in [-0.39, 0.29) is 24.3 Å². The molecule has 1 fully saturated rings. The van der Waals surface area contributed by atoms with Gasteiger partial charge in [0.1, 0.15) is 0 Å². The van der Waals surface area contributed by atoms with E-state index in [1.807, 2.05) is 31.4 Å². The van der Waals surface area contributed by atoms with Crippen molar-refractivity contribution >= 4 is 23.2 Å². The lowest BCUT2D eigenvalue weighted by Crippen LogP contribution is -2.58. The van der Waals surface area contributed by atoms with E-state index in [1.165, 1.54) is 0 Å². The highest BCUT2D eigenvalue weighted by Gasteiger charge is 2.32. The number of aromatic nitrogens is 2. The van der Waals surface area contributed by atoms with Crippen molar-refractivity contribution in [1.82, 2.24) is 25.7 Å². The minimum absolute atomic E-state index is 0.0716. The molecule has 0 aromatic carbocycles. The van der Waals surface area contributed by atoms with Crippen LogP contribution in [0.15, 0.2) is 23.7 Å². The third-order valence-electron chi connectivity index (χ3n) is 4.38. The number of H-pyrrole nitrogens is 1. The number of aromatic amines is 1. The van der Waals surface area contributed by atoms with Crippen molar-refractivity contribution in [3.63, 3.8) is 0 Å². The Labute approximate surface area is 150 Å². The van der Waals surface area contributed by atoms with Crippen LogP contribution in [-0.2, 0) is 16.1 Å². The molecule has 3 N–H and O–H groups in total. The number of nitrogens with one attached hydrogen (secondary N) is 3. The van der Waals surface area contributed by atoms with E-state index < -0.39 is 6.04 Å². The van der Waals surface area contributed by atoms with E-state index in [4.69, 9.17) is 0 Å². The molecule has 1 saturated heterocycles. The number of rotatable bonds is 6. The van der Waals surface area contributed by atoms with Crippen LogP contribution >= 0.6 is 11.3 Å². The van der Waals surface area contributed by atoms with Crippen molar-refractivity contribution in [2.24, 2.45) is 0 Å². The van der Waals surface area contributed by atoms with Crippen LogP contribution in [0.25, 0.3) is 10.6 Å². The lowest BCUT2D eigenvalue weighted by atomic mass is 10.1. The summed E-state index contributed by atoms with van der Waals surface area (Å²) in [5.74, 6) is -0.205. The molecule has 134 valence electrons. The molecule has 2 aromatic heterocycles. The van der Waals surface area contributed by atoms with Gasteiger partial charge in [-0.25, -0.2) is 0 Å². The Morgan fingerprint density at radius 2 is 2.36 bits per heavy atom. The van der Waals surface area contributed by atoms with Crippen molar-refractivity contribution in [1.29, 1.82) is 0 Å². The van der Waals surface area contributed by atoms with Crippen LogP contribution in [-0.4, -0.2) is 52.1 Å². The highest BCUT2D eigenvalue weighted by Crippen LogP contribution is 2.25. The highest BCUT2D eigenvalue weighted by molar-refractivity contribution is 7.13. The lowest BCUT2D eigenvalue weighted by Gasteiger charge is -2.37. The number of hydrogen-bond donors (Lipinski definition) is 3. The zero-order chi connectivity index (χ0) is 17.8. The number of amides is 2. The fraction of sp³-hybridized carbons (Fsp3) is 0.471. The smallest absolute Gasteiger partial charge is 0.237 e. The Bertz CT molecular complexity index is 725. The van der Waals surface area contributed by atoms with Crippen LogP contribution in [0.1, 0.15) is 25.8 Å². The minimum Gasteiger partial charge on any atom is -0.353 e. The first-order valence-electron chi connectivity index (χ1n) is 8.42. The Morgan fingerprint density at radius 3 is 3.08 bits per heavy atom. The van der Waals surface area contributed by atoms with Gasteiger partial charge < -0.3 is 10.6 Å². The predicted octanol–water partition coefficient (Wildman–Crippen LogP) is 1.35. The zero-order valence-electron chi connectivity index (χ0n) is 14.4. The molecule has 1 atom stereocenters. The number of carbonyl (C=O) groups is 2. The summed E-state index contributed by atoms with van der Waals surface area (Å²) in [5.41, 5.74) is 1.86. The standard InChI is InChI=1S/C17H23N5O2S/c1-11(2)22-6-5-18-17(24)13(22)8-15(23)19-9-12-10-20-21-16(12)14-4-3-7-25-14/h3-4,7,10-11,13H,5-6,8-9H2,1-2H3,(H,18,24)(H,19,23)(H,20,21). The monoisotopic (exact) mass is 361 g/mol. The van der Waals surface area contributed by atoms with Gasteiger partial charge in [0.2, 0.25) is 11.8 Å². The maximum atomic E-state index is 12.4. The second kappa shape index (κ2) is 7.79. The van der Waals surface area contributed by atoms with Gasteiger partial charge in [0, 0.05) is 31.2 Å². The summed E-state index contributed by atoms with van der Waals surface area (Å²) in [7, 11) is 0. The van der Waals surface area contributed by atoms with Crippen molar-refractivity contribution in [3.05, 3.63) is 29.3 Å². The molecule has 0 bridgehead atoms. The van der Waals surface area contributed by atoms with Gasteiger partial charge in [-0.3, -0.25) is 19.6 Å². The van der Waals surface area contributed by atoms with Crippen molar-refractivity contribution in [2.75, 3.05) is 13.1 Å². The molecule has 2 amide bonds. The van der Waals surface area contributed by atoms with Crippen LogP contribution in [0, 0.1) is 0 Å². The van der Waals surface area contributed by atoms with Gasteiger partial charge in [-0.1, -0.05) is 6.07 Å². The molecule has 3 heterocycles. The van der Waals surface area contributed by atoms with Crippen molar-refractivity contribution < 1.29 is 9.59 Å². The van der Waals surface area contributed by atoms with E-state index >= 15 is 0 Å². The Hall–Kier alpha value is -2.19. The fourth-order valence-electron chi connectivity index (χ4n) is 3.08. The maximum absolute atomic E-state index is 12.4. The molecule has 7 nitrogen and oxygen atoms in total. The van der Waals surface area contributed by atoms with Gasteiger partial charge in [-0.15, -0.1) is 11.3 Å². The number of carbonyl (C=O) groups excluding carboxylic acids is 2. The lowest BCUT2D eigenvalue weighted by molar-refractivity contribution is -0.134. The second-order valence-electron chi connectivity index (χ2n) is 6.37. The molecule has 0 spiro atoms. The molecular formula is C17H23N5O2S. The quantitative estimate of drug-likeness (QED) is 0.724. The molecule has 1 aliphatic heterocycles. The van der Waals surface area contributed by atoms with E-state index in [2.05, 4.69) is 25.7 Å². The van der Waals surface area contributed by atoms with Crippen LogP contribution in [0.4, 0.5) is 0 Å². The average Bonchev–Trinajstić information content (AvgIpc) is 3.25. The first kappa shape index (κ1) is 17.6. The van der Waals surface area contributed by atoms with Crippen molar-refractivity contribution in [2.45, 2.75) is 38.9 Å². The summed E-state index contributed by atoms with van der Waals surface area (Å²) in [5, 5.41) is 14.8. The summed E-state index contributed by atoms with van der Waals surface area (Å²) in [6, 6.07) is 3.81. The number of piperazine rings is 1. The molecule has 0 saturated carbocycles. The van der Waals surface area contributed by atoms with Gasteiger partial charge in [-0.2, -0.15) is 5.10 Å². The third kappa shape index (κ3) is 4.08. The first-order chi connectivity index (χ1) is 12.1. The van der Waals surface area contributed by atoms with Crippen LogP contribution < -0.4 is 10.6 Å². The Morgan fingerprint density at radius 1 is 1.52 bits per heavy atom. The van der Waals surface area contributed by atoms with Gasteiger partial charge in [-0.05, 0) is 25.3 Å². The Kier molecular flexibility index (Phi) is 5.50. The molecular weight excluding hydrogens is 338 g/mol. The largest absolute Gasteiger partial charge is 0.353 e. The van der Waals surface area contributed by atoms with Crippen molar-refractivity contribution in [3.8, 4) is 10.6 Å². The van der Waals surface area contributed by atoms with Gasteiger partial charge in [0.05, 0.1) is 29.2 Å². The van der Waals surface area contributed by atoms with Gasteiger partial charge in [0.25, 0.3) is 0 Å². The summed E-state index contributed by atoms with van der Waals surface area (Å²) < 4.78 is 0. The average molecular weight is 361 g/mol. The molecule has 2 aromatic rings. The highest BCUT2D eigenvalue weighted by atomic mass is 32.1. The minimum atomic E-state index is -0.408. The SMILES string of the molecule is CC(C)N1CCNC(=O)C1CC(=O)NCc1cn[nH]c1-c1cccs1. The predicted molar refractivity (Wildman–Crippen MR) is 97.0 cm³/mol. The second-order valence-corrected chi connectivity index (χ2v) is 7.31. The molecule has 0 aliphatic carbocycles. The number of hydrogen-bond acceptors (Lipinski definition) is 5. The fourth-order valence-corrected chi connectivity index (χ4v) is 3.84. The molecule has 1 unspecified atom stereocenters. The topological polar surface area (TPSA) is 90.1 Å². The number of nitrogens with zero attached hydrogens (tertiary/aromatic N) is 2. The van der Waals surface area contributed by atoms with Gasteiger partial charge in [0.15, 0.2) is 0 Å². The third-order valence-corrected chi connectivity index (χ3v) is 5.26. The van der Waals surface area contributed by atoms with Crippen LogP contribution in [0.2, 0.25) is 0 Å². The molecule has 25 heavy (non-hydrogen) atoms. The van der Waals surface area contributed by atoms with Crippen LogP contribution in [0.5, 0.6) is 0 Å². The van der Waals surface area contributed by atoms with E-state index in [0.29, 0.717) is 13.1 Å². The summed E-state index contributed by atoms with van der Waals surface area (Å²) in [4.78, 5) is 27.7. The summed E-state index contributed by atoms with van der Waals surface area (Å²) >= 11 is 1.62. The van der Waals surface area contributed by atoms with E-state index in [9.17, 15) is 9.59 Å². The van der Waals surface area contributed by atoms with E-state index in [0.717, 1.165) is 22.7 Å². The normalized spacial score (nSPS) is 18.4. The zero-order valence-corrected chi connectivity index (χ0v) is 15.2. The maximum Gasteiger partial charge on any atom is 0.237 e. The van der Waals surface area contributed by atoms with E-state index in [1.54, 1.807) is 17.5 Å². The van der Waals surface area contributed by atoms with Crippen LogP contribution in [0.3, 0.4) is 0 Å². The molecule has 1 aliphatic rings. The molecule has 3 rings (SSSR count).